The van der Waals surface area contributed by atoms with Gasteiger partial charge in [-0.1, -0.05) is 6.07 Å². The average molecular weight is 260 g/mol. The molecule has 0 heterocycles. The van der Waals surface area contributed by atoms with Crippen LogP contribution in [0.5, 0.6) is 11.5 Å². The van der Waals surface area contributed by atoms with Gasteiger partial charge in [-0.15, -0.1) is 11.6 Å². The molecular weight excluding hydrogens is 246 g/mol. The monoisotopic (exact) mass is 259 g/mol. The molecule has 6 heteroatoms. The lowest BCUT2D eigenvalue weighted by Gasteiger charge is -2.08. The van der Waals surface area contributed by atoms with E-state index < -0.39 is 5.91 Å². The maximum Gasteiger partial charge on any atom is 0.258 e. The van der Waals surface area contributed by atoms with Crippen LogP contribution in [0.1, 0.15) is 10.4 Å². The van der Waals surface area contributed by atoms with Gasteiger partial charge < -0.3 is 20.3 Å². The summed E-state index contributed by atoms with van der Waals surface area (Å²) >= 11 is 5.40. The number of carbonyl (C=O) groups is 1. The van der Waals surface area contributed by atoms with Crippen molar-refractivity contribution >= 4 is 17.5 Å². The van der Waals surface area contributed by atoms with E-state index in [1.807, 2.05) is 0 Å². The summed E-state index contributed by atoms with van der Waals surface area (Å²) in [7, 11) is 0. The van der Waals surface area contributed by atoms with Gasteiger partial charge in [0.05, 0.1) is 13.2 Å². The average Bonchev–Trinajstić information content (AvgIpc) is 2.28. The fourth-order valence-electron chi connectivity index (χ4n) is 1.24. The molecule has 0 radical (unpaired) electrons. The number of rotatable bonds is 6. The molecule has 0 bridgehead atoms. The quantitative estimate of drug-likeness (QED) is 0.528. The van der Waals surface area contributed by atoms with Crippen LogP contribution in [0.4, 0.5) is 0 Å². The molecule has 0 fully saturated rings. The summed E-state index contributed by atoms with van der Waals surface area (Å²) in [5.74, 6) is -0.669. The number of benzene rings is 1. The van der Waals surface area contributed by atoms with E-state index in [1.54, 1.807) is 0 Å². The number of nitrogens with one attached hydrogen (secondary N) is 1. The first-order chi connectivity index (χ1) is 8.16. The predicted octanol–water partition coefficient (Wildman–Crippen LogP) is 1.08. The lowest BCUT2D eigenvalue weighted by Crippen LogP contribution is -2.27. The highest BCUT2D eigenvalue weighted by molar-refractivity contribution is 6.17. The van der Waals surface area contributed by atoms with Crippen LogP contribution in [0.15, 0.2) is 18.2 Å². The van der Waals surface area contributed by atoms with E-state index in [2.05, 4.69) is 5.32 Å². The molecule has 17 heavy (non-hydrogen) atoms. The number of carbonyl (C=O) groups excluding carboxylic acids is 1. The highest BCUT2D eigenvalue weighted by Crippen LogP contribution is 2.25. The number of amides is 1. The molecular formula is C11H14ClNO4. The minimum Gasteiger partial charge on any atom is -0.507 e. The van der Waals surface area contributed by atoms with Crippen LogP contribution in [0, 0.1) is 0 Å². The topological polar surface area (TPSA) is 78.8 Å². The van der Waals surface area contributed by atoms with Crippen molar-refractivity contribution in [2.75, 3.05) is 25.6 Å². The van der Waals surface area contributed by atoms with E-state index in [4.69, 9.17) is 16.3 Å². The number of hydrogen-bond acceptors (Lipinski definition) is 4. The molecule has 0 spiro atoms. The molecule has 5 nitrogen and oxygen atoms in total. The van der Waals surface area contributed by atoms with Crippen molar-refractivity contribution in [2.45, 2.75) is 0 Å². The summed E-state index contributed by atoms with van der Waals surface area (Å²) < 4.78 is 5.06. The van der Waals surface area contributed by atoms with Crippen molar-refractivity contribution in [3.8, 4) is 11.5 Å². The molecule has 0 aliphatic rings. The number of phenolic OH excluding ortho intramolecular Hbond substituents is 2. The Kier molecular flexibility index (Phi) is 5.59. The van der Waals surface area contributed by atoms with E-state index >= 15 is 0 Å². The minimum atomic E-state index is -0.546. The van der Waals surface area contributed by atoms with Crippen LogP contribution in [0.3, 0.4) is 0 Å². The van der Waals surface area contributed by atoms with Gasteiger partial charge in [0.15, 0.2) is 0 Å². The highest BCUT2D eigenvalue weighted by Gasteiger charge is 2.14. The lowest BCUT2D eigenvalue weighted by atomic mass is 10.1. The highest BCUT2D eigenvalue weighted by atomic mass is 35.5. The molecule has 0 aliphatic heterocycles. The van der Waals surface area contributed by atoms with Gasteiger partial charge in [0.1, 0.15) is 17.1 Å². The number of phenols is 2. The zero-order valence-electron chi connectivity index (χ0n) is 9.15. The number of hydrogen-bond donors (Lipinski definition) is 3. The zero-order valence-corrected chi connectivity index (χ0v) is 9.91. The third kappa shape index (κ3) is 4.13. The number of halogens is 1. The second-order valence-corrected chi connectivity index (χ2v) is 3.61. The van der Waals surface area contributed by atoms with Gasteiger partial charge >= 0.3 is 0 Å². The molecule has 1 aromatic rings. The van der Waals surface area contributed by atoms with Crippen molar-refractivity contribution < 1.29 is 19.7 Å². The van der Waals surface area contributed by atoms with Crippen molar-refractivity contribution in [3.05, 3.63) is 23.8 Å². The van der Waals surface area contributed by atoms with Gasteiger partial charge in [0.25, 0.3) is 5.91 Å². The maximum atomic E-state index is 11.6. The van der Waals surface area contributed by atoms with Crippen molar-refractivity contribution in [1.29, 1.82) is 0 Å². The number of ether oxygens (including phenoxy) is 1. The Bertz CT molecular complexity index is 363. The molecule has 0 aromatic heterocycles. The van der Waals surface area contributed by atoms with E-state index in [1.165, 1.54) is 18.2 Å². The first kappa shape index (κ1) is 13.6. The van der Waals surface area contributed by atoms with Crippen LogP contribution >= 0.6 is 11.6 Å². The summed E-state index contributed by atoms with van der Waals surface area (Å²) in [5.41, 5.74) is -0.134. The standard InChI is InChI=1S/C11H14ClNO4/c12-4-6-17-7-5-13-11(16)10-8(14)2-1-3-9(10)15/h1-3,14-15H,4-7H2,(H,13,16). The van der Waals surface area contributed by atoms with Crippen molar-refractivity contribution in [2.24, 2.45) is 0 Å². The molecule has 0 aliphatic carbocycles. The van der Waals surface area contributed by atoms with Crippen molar-refractivity contribution in [3.63, 3.8) is 0 Å². The normalized spacial score (nSPS) is 10.2. The molecule has 0 atom stereocenters. The van der Waals surface area contributed by atoms with Gasteiger partial charge in [-0.25, -0.2) is 0 Å². The Labute approximate surface area is 104 Å². The Morgan fingerprint density at radius 3 is 2.53 bits per heavy atom. The van der Waals surface area contributed by atoms with E-state index in [0.29, 0.717) is 19.1 Å². The van der Waals surface area contributed by atoms with Crippen LogP contribution < -0.4 is 5.32 Å². The SMILES string of the molecule is O=C(NCCOCCCl)c1c(O)cccc1O. The molecule has 1 amide bonds. The molecule has 0 saturated heterocycles. The number of alkyl halides is 1. The third-order valence-corrected chi connectivity index (χ3v) is 2.16. The largest absolute Gasteiger partial charge is 0.507 e. The Balaban J connectivity index is 2.47. The Morgan fingerprint density at radius 1 is 1.29 bits per heavy atom. The van der Waals surface area contributed by atoms with Gasteiger partial charge in [0.2, 0.25) is 0 Å². The third-order valence-electron chi connectivity index (χ3n) is 2.00. The van der Waals surface area contributed by atoms with E-state index in [9.17, 15) is 15.0 Å². The minimum absolute atomic E-state index is 0.134. The molecule has 94 valence electrons. The smallest absolute Gasteiger partial charge is 0.258 e. The fraction of sp³-hybridized carbons (Fsp3) is 0.364. The zero-order chi connectivity index (χ0) is 12.7. The first-order valence-corrected chi connectivity index (χ1v) is 5.63. The number of aromatic hydroxyl groups is 2. The summed E-state index contributed by atoms with van der Waals surface area (Å²) in [6.45, 7) is 1.02. The second-order valence-electron chi connectivity index (χ2n) is 3.23. The van der Waals surface area contributed by atoms with Crippen molar-refractivity contribution in [1.82, 2.24) is 5.32 Å². The summed E-state index contributed by atoms with van der Waals surface area (Å²) in [6.07, 6.45) is 0. The molecule has 0 saturated carbocycles. The fourth-order valence-corrected chi connectivity index (χ4v) is 1.35. The molecule has 1 rings (SSSR count). The first-order valence-electron chi connectivity index (χ1n) is 5.09. The molecule has 3 N–H and O–H groups in total. The van der Waals surface area contributed by atoms with Gasteiger partial charge in [-0.05, 0) is 12.1 Å². The lowest BCUT2D eigenvalue weighted by molar-refractivity contribution is 0.0918. The van der Waals surface area contributed by atoms with Crippen LogP contribution in [0.25, 0.3) is 0 Å². The summed E-state index contributed by atoms with van der Waals surface area (Å²) in [5, 5.41) is 21.4. The summed E-state index contributed by atoms with van der Waals surface area (Å²) in [6, 6.07) is 4.11. The van der Waals surface area contributed by atoms with Crippen LogP contribution in [0.2, 0.25) is 0 Å². The predicted molar refractivity (Wildman–Crippen MR) is 63.6 cm³/mol. The van der Waals surface area contributed by atoms with Crippen LogP contribution in [-0.4, -0.2) is 41.8 Å². The Hall–Kier alpha value is -1.46. The maximum absolute atomic E-state index is 11.6. The summed E-state index contributed by atoms with van der Waals surface area (Å²) in [4.78, 5) is 11.6. The van der Waals surface area contributed by atoms with Crippen LogP contribution in [-0.2, 0) is 4.74 Å². The van der Waals surface area contributed by atoms with Gasteiger partial charge in [-0.3, -0.25) is 4.79 Å². The van der Waals surface area contributed by atoms with E-state index in [0.717, 1.165) is 0 Å². The van der Waals surface area contributed by atoms with E-state index in [-0.39, 0.29) is 23.6 Å². The van der Waals surface area contributed by atoms with Gasteiger partial charge in [-0.2, -0.15) is 0 Å². The Morgan fingerprint density at radius 2 is 1.94 bits per heavy atom. The second kappa shape index (κ2) is 6.98. The molecule has 0 unspecified atom stereocenters. The molecule has 1 aromatic carbocycles. The van der Waals surface area contributed by atoms with Gasteiger partial charge in [0, 0.05) is 12.4 Å².